The van der Waals surface area contributed by atoms with Gasteiger partial charge in [-0.1, -0.05) is 6.07 Å². The van der Waals surface area contributed by atoms with Crippen molar-refractivity contribution in [3.05, 3.63) is 60.0 Å². The predicted molar refractivity (Wildman–Crippen MR) is 138 cm³/mol. The molecule has 38 heavy (non-hydrogen) atoms. The van der Waals surface area contributed by atoms with Gasteiger partial charge >= 0.3 is 12.2 Å². The molecule has 0 radical (unpaired) electrons. The van der Waals surface area contributed by atoms with Crippen molar-refractivity contribution in [1.82, 2.24) is 28.9 Å². The molecule has 198 valence electrons. The zero-order chi connectivity index (χ0) is 26.4. The molecular weight excluding hydrogens is 497 g/mol. The minimum atomic E-state index is -4.53. The van der Waals surface area contributed by atoms with E-state index < -0.39 is 17.8 Å². The first-order valence-electron chi connectivity index (χ1n) is 12.4. The van der Waals surface area contributed by atoms with E-state index in [2.05, 4.69) is 25.1 Å². The van der Waals surface area contributed by atoms with Crippen LogP contribution in [0, 0.1) is 0 Å². The molecule has 6 rings (SSSR count). The second kappa shape index (κ2) is 9.44. The molecule has 0 unspecified atom stereocenters. The Labute approximate surface area is 216 Å². The number of aryl methyl sites for hydroxylation is 2. The van der Waals surface area contributed by atoms with Crippen molar-refractivity contribution in [3.8, 4) is 11.5 Å². The zero-order valence-corrected chi connectivity index (χ0v) is 20.8. The summed E-state index contributed by atoms with van der Waals surface area (Å²) in [5, 5.41) is 5.25. The Hall–Kier alpha value is -3.90. The number of hydrogen-bond donors (Lipinski definition) is 2. The van der Waals surface area contributed by atoms with Crippen LogP contribution in [0.25, 0.3) is 22.6 Å². The molecule has 1 saturated heterocycles. The van der Waals surface area contributed by atoms with Crippen LogP contribution in [0.4, 0.5) is 29.3 Å². The highest BCUT2D eigenvalue weighted by atomic mass is 19.4. The van der Waals surface area contributed by atoms with E-state index in [0.717, 1.165) is 49.3 Å². The van der Waals surface area contributed by atoms with E-state index in [0.29, 0.717) is 24.3 Å². The molecule has 12 heteroatoms. The number of imidazole rings is 2. The van der Waals surface area contributed by atoms with Crippen LogP contribution in [0.5, 0.6) is 0 Å². The Morgan fingerprint density at radius 2 is 1.71 bits per heavy atom. The van der Waals surface area contributed by atoms with E-state index in [1.165, 1.54) is 12.1 Å². The van der Waals surface area contributed by atoms with Crippen molar-refractivity contribution >= 4 is 28.4 Å². The molecule has 0 saturated carbocycles. The smallest absolute Gasteiger partial charge is 0.326 e. The fourth-order valence-corrected chi connectivity index (χ4v) is 5.12. The summed E-state index contributed by atoms with van der Waals surface area (Å²) in [4.78, 5) is 25.8. The van der Waals surface area contributed by atoms with Crippen LogP contribution < -0.4 is 10.6 Å². The van der Waals surface area contributed by atoms with Gasteiger partial charge in [-0.2, -0.15) is 13.2 Å². The summed E-state index contributed by atoms with van der Waals surface area (Å²) in [5.41, 5.74) is 2.59. The van der Waals surface area contributed by atoms with E-state index >= 15 is 0 Å². The number of benzene rings is 2. The number of piperazine rings is 1. The van der Waals surface area contributed by atoms with Gasteiger partial charge < -0.3 is 24.7 Å². The number of amides is 2. The number of anilines is 2. The van der Waals surface area contributed by atoms with Crippen LogP contribution in [0.15, 0.2) is 48.9 Å². The van der Waals surface area contributed by atoms with E-state index in [4.69, 9.17) is 4.98 Å². The standard InChI is InChI=1S/C26H27F3N8O/c1-34-6-8-35(9-7-34)15-17-2-3-18(12-20(17)26(27,28)29)31-25(38)32-19-4-5-22-21(13-19)33-24-23-14-30-16-36(23)10-11-37(22)24/h2-5,12-14,16H,6-11,15H2,1H3,(H2,31,32,38). The van der Waals surface area contributed by atoms with Crippen LogP contribution >= 0.6 is 0 Å². The SMILES string of the molecule is CN1CCN(Cc2ccc(NC(=O)Nc3ccc4c(c3)nc3n4CCn4cncc4-3)cc2C(F)(F)F)CC1. The number of hydrogen-bond acceptors (Lipinski definition) is 5. The second-order valence-corrected chi connectivity index (χ2v) is 9.79. The topological polar surface area (TPSA) is 83.3 Å². The molecule has 2 aliphatic heterocycles. The normalized spacial score (nSPS) is 16.3. The van der Waals surface area contributed by atoms with Crippen molar-refractivity contribution in [1.29, 1.82) is 0 Å². The highest BCUT2D eigenvalue weighted by Gasteiger charge is 2.34. The first-order chi connectivity index (χ1) is 18.2. The first kappa shape index (κ1) is 24.4. The number of carbonyl (C=O) groups excluding carboxylic acids is 1. The largest absolute Gasteiger partial charge is 0.416 e. The number of fused-ring (bicyclic) bond motifs is 5. The highest BCUT2D eigenvalue weighted by Crippen LogP contribution is 2.35. The maximum Gasteiger partial charge on any atom is 0.416 e. The number of urea groups is 1. The van der Waals surface area contributed by atoms with Gasteiger partial charge in [0.2, 0.25) is 0 Å². The number of nitrogens with one attached hydrogen (secondary N) is 2. The number of alkyl halides is 3. The number of nitrogens with zero attached hydrogens (tertiary/aromatic N) is 6. The van der Waals surface area contributed by atoms with Crippen LogP contribution in [-0.2, 0) is 25.8 Å². The summed E-state index contributed by atoms with van der Waals surface area (Å²) in [6.07, 6.45) is -0.982. The van der Waals surface area contributed by atoms with E-state index in [-0.39, 0.29) is 17.8 Å². The molecule has 2 N–H and O–H groups in total. The predicted octanol–water partition coefficient (Wildman–Crippen LogP) is 4.32. The summed E-state index contributed by atoms with van der Waals surface area (Å²) in [6, 6.07) is 8.71. The third kappa shape index (κ3) is 4.72. The molecule has 0 bridgehead atoms. The van der Waals surface area contributed by atoms with Crippen molar-refractivity contribution in [3.63, 3.8) is 0 Å². The molecule has 9 nitrogen and oxygen atoms in total. The first-order valence-corrected chi connectivity index (χ1v) is 12.4. The minimum Gasteiger partial charge on any atom is -0.326 e. The minimum absolute atomic E-state index is 0.0729. The number of rotatable bonds is 4. The molecule has 0 aliphatic carbocycles. The lowest BCUT2D eigenvalue weighted by Gasteiger charge is -2.33. The van der Waals surface area contributed by atoms with Gasteiger partial charge in [-0.15, -0.1) is 0 Å². The van der Waals surface area contributed by atoms with Crippen LogP contribution in [0.3, 0.4) is 0 Å². The molecule has 0 atom stereocenters. The maximum absolute atomic E-state index is 13.9. The van der Waals surface area contributed by atoms with E-state index in [1.54, 1.807) is 24.7 Å². The Balaban J connectivity index is 1.17. The van der Waals surface area contributed by atoms with E-state index in [1.807, 2.05) is 22.6 Å². The van der Waals surface area contributed by atoms with Gasteiger partial charge in [-0.3, -0.25) is 4.90 Å². The molecule has 4 heterocycles. The quantitative estimate of drug-likeness (QED) is 0.416. The van der Waals surface area contributed by atoms with Crippen molar-refractivity contribution < 1.29 is 18.0 Å². The van der Waals surface area contributed by atoms with Crippen molar-refractivity contribution in [2.45, 2.75) is 25.8 Å². The Morgan fingerprint density at radius 1 is 0.974 bits per heavy atom. The van der Waals surface area contributed by atoms with Gasteiger partial charge in [0, 0.05) is 57.2 Å². The lowest BCUT2D eigenvalue weighted by Crippen LogP contribution is -2.44. The van der Waals surface area contributed by atoms with Gasteiger partial charge in [-0.25, -0.2) is 14.8 Å². The monoisotopic (exact) mass is 524 g/mol. The van der Waals surface area contributed by atoms with Crippen molar-refractivity contribution in [2.75, 3.05) is 43.9 Å². The lowest BCUT2D eigenvalue weighted by atomic mass is 10.0. The average molecular weight is 525 g/mol. The molecule has 0 spiro atoms. The number of likely N-dealkylation sites (N-methyl/N-ethyl adjacent to an activating group) is 1. The molecule has 2 aromatic heterocycles. The fraction of sp³-hybridized carbons (Fsp3) is 0.346. The van der Waals surface area contributed by atoms with Crippen LogP contribution in [0.2, 0.25) is 0 Å². The Kier molecular flexibility index (Phi) is 6.07. The third-order valence-electron chi connectivity index (χ3n) is 7.17. The van der Waals surface area contributed by atoms with Gasteiger partial charge in [0.05, 0.1) is 29.1 Å². The molecule has 2 aliphatic rings. The Bertz CT molecular complexity index is 1500. The van der Waals surface area contributed by atoms with E-state index in [9.17, 15) is 18.0 Å². The average Bonchev–Trinajstić information content (AvgIpc) is 3.49. The lowest BCUT2D eigenvalue weighted by molar-refractivity contribution is -0.138. The molecule has 4 aromatic rings. The third-order valence-corrected chi connectivity index (χ3v) is 7.17. The fourth-order valence-electron chi connectivity index (χ4n) is 5.12. The number of carbonyl (C=O) groups is 1. The summed E-state index contributed by atoms with van der Waals surface area (Å²) >= 11 is 0. The van der Waals surface area contributed by atoms with Gasteiger partial charge in [0.25, 0.3) is 0 Å². The summed E-state index contributed by atoms with van der Waals surface area (Å²) in [5.74, 6) is 0.807. The molecular formula is C26H27F3N8O. The van der Waals surface area contributed by atoms with Crippen molar-refractivity contribution in [2.24, 2.45) is 0 Å². The maximum atomic E-state index is 13.9. The van der Waals surface area contributed by atoms with Crippen LogP contribution in [-0.4, -0.2) is 68.2 Å². The number of halogens is 3. The van der Waals surface area contributed by atoms with Gasteiger partial charge in [0.15, 0.2) is 5.82 Å². The molecule has 2 amide bonds. The molecule has 1 fully saturated rings. The summed E-state index contributed by atoms with van der Waals surface area (Å²) in [7, 11) is 2.00. The zero-order valence-electron chi connectivity index (χ0n) is 20.8. The van der Waals surface area contributed by atoms with Gasteiger partial charge in [0.1, 0.15) is 5.69 Å². The van der Waals surface area contributed by atoms with Gasteiger partial charge in [-0.05, 0) is 42.9 Å². The number of aromatic nitrogens is 4. The molecule has 2 aromatic carbocycles. The highest BCUT2D eigenvalue weighted by molar-refractivity contribution is 6.01. The second-order valence-electron chi connectivity index (χ2n) is 9.79. The van der Waals surface area contributed by atoms with Crippen LogP contribution in [0.1, 0.15) is 11.1 Å². The summed E-state index contributed by atoms with van der Waals surface area (Å²) < 4.78 is 45.8. The Morgan fingerprint density at radius 3 is 2.47 bits per heavy atom. The summed E-state index contributed by atoms with van der Waals surface area (Å²) in [6.45, 7) is 4.83.